The Morgan fingerprint density at radius 3 is 2.83 bits per heavy atom. The number of anilines is 1. The third kappa shape index (κ3) is 1.93. The Balaban J connectivity index is 2.49. The van der Waals surface area contributed by atoms with Gasteiger partial charge in [-0.3, -0.25) is 4.79 Å². The first-order valence-corrected chi connectivity index (χ1v) is 5.33. The quantitative estimate of drug-likeness (QED) is 0.806. The van der Waals surface area contributed by atoms with Crippen LogP contribution in [0.1, 0.15) is 16.8 Å². The summed E-state index contributed by atoms with van der Waals surface area (Å²) >= 11 is 0. The monoisotopic (exact) mass is 247 g/mol. The van der Waals surface area contributed by atoms with Crippen LogP contribution in [0.15, 0.2) is 18.2 Å². The lowest BCUT2D eigenvalue weighted by Crippen LogP contribution is -2.27. The molecule has 0 radical (unpaired) electrons. The Bertz CT molecular complexity index is 562. The number of para-hydroxylation sites is 1. The molecule has 1 aliphatic heterocycles. The number of aromatic carboxylic acids is 1. The van der Waals surface area contributed by atoms with Crippen LogP contribution in [0.4, 0.5) is 10.1 Å². The van der Waals surface area contributed by atoms with E-state index in [-0.39, 0.29) is 36.0 Å². The zero-order valence-corrected chi connectivity index (χ0v) is 9.39. The lowest BCUT2D eigenvalue weighted by molar-refractivity contribution is -0.117. The molecule has 0 bridgehead atoms. The highest BCUT2D eigenvalue weighted by molar-refractivity contribution is 6.03. The number of halogens is 1. The average Bonchev–Trinajstić information content (AvgIpc) is 2.70. The number of hydrogen-bond acceptors (Lipinski definition) is 2. The molecular formula is C13H10FNO3. The number of hydrogen-bond donors (Lipinski definition) is 1. The van der Waals surface area contributed by atoms with Gasteiger partial charge in [-0.2, -0.15) is 0 Å². The maximum Gasteiger partial charge on any atom is 0.337 e. The molecule has 1 saturated heterocycles. The van der Waals surface area contributed by atoms with E-state index in [1.165, 1.54) is 12.1 Å². The van der Waals surface area contributed by atoms with Crippen LogP contribution in [-0.4, -0.2) is 23.5 Å². The summed E-state index contributed by atoms with van der Waals surface area (Å²) in [5.41, 5.74) is -0.436. The van der Waals surface area contributed by atoms with E-state index in [4.69, 9.17) is 11.5 Å². The SMILES string of the molecule is C#CC1CC(=O)N(c2c(F)cccc2C(=O)O)C1. The van der Waals surface area contributed by atoms with Gasteiger partial charge in [0.15, 0.2) is 0 Å². The number of amides is 1. The predicted octanol–water partition coefficient (Wildman–Crippen LogP) is 1.51. The Morgan fingerprint density at radius 1 is 1.56 bits per heavy atom. The van der Waals surface area contributed by atoms with E-state index in [1.54, 1.807) is 0 Å². The molecule has 1 unspecified atom stereocenters. The smallest absolute Gasteiger partial charge is 0.337 e. The van der Waals surface area contributed by atoms with Crippen molar-refractivity contribution in [3.8, 4) is 12.3 Å². The van der Waals surface area contributed by atoms with Gasteiger partial charge in [-0.25, -0.2) is 9.18 Å². The van der Waals surface area contributed by atoms with E-state index in [0.717, 1.165) is 11.0 Å². The highest BCUT2D eigenvalue weighted by Gasteiger charge is 2.33. The van der Waals surface area contributed by atoms with E-state index in [1.807, 2.05) is 0 Å². The molecule has 1 aromatic carbocycles. The maximum absolute atomic E-state index is 13.8. The summed E-state index contributed by atoms with van der Waals surface area (Å²) in [5, 5.41) is 9.01. The van der Waals surface area contributed by atoms with E-state index in [0.29, 0.717) is 0 Å². The predicted molar refractivity (Wildman–Crippen MR) is 62.7 cm³/mol. The third-order valence-corrected chi connectivity index (χ3v) is 2.85. The minimum absolute atomic E-state index is 0.115. The van der Waals surface area contributed by atoms with E-state index >= 15 is 0 Å². The van der Waals surface area contributed by atoms with Gasteiger partial charge in [-0.1, -0.05) is 6.07 Å². The second-order valence-electron chi connectivity index (χ2n) is 4.01. The van der Waals surface area contributed by atoms with Crippen molar-refractivity contribution in [3.63, 3.8) is 0 Å². The number of carbonyl (C=O) groups excluding carboxylic acids is 1. The Kier molecular flexibility index (Phi) is 3.02. The third-order valence-electron chi connectivity index (χ3n) is 2.85. The fraction of sp³-hybridized carbons (Fsp3) is 0.231. The molecule has 1 heterocycles. The summed E-state index contributed by atoms with van der Waals surface area (Å²) in [6, 6.07) is 3.68. The summed E-state index contributed by atoms with van der Waals surface area (Å²) in [4.78, 5) is 23.9. The van der Waals surface area contributed by atoms with E-state index in [9.17, 15) is 14.0 Å². The number of terminal acetylenes is 1. The molecule has 92 valence electrons. The molecule has 1 amide bonds. The van der Waals surface area contributed by atoms with Crippen molar-refractivity contribution in [3.05, 3.63) is 29.6 Å². The first kappa shape index (κ1) is 12.1. The van der Waals surface area contributed by atoms with Crippen molar-refractivity contribution in [2.24, 2.45) is 5.92 Å². The van der Waals surface area contributed by atoms with Crippen molar-refractivity contribution < 1.29 is 19.1 Å². The Hall–Kier alpha value is -2.35. The minimum Gasteiger partial charge on any atom is -0.478 e. The number of nitrogens with zero attached hydrogens (tertiary/aromatic N) is 1. The van der Waals surface area contributed by atoms with Gasteiger partial charge < -0.3 is 10.0 Å². The first-order valence-electron chi connectivity index (χ1n) is 5.33. The van der Waals surface area contributed by atoms with E-state index in [2.05, 4.69) is 5.92 Å². The van der Waals surface area contributed by atoms with Gasteiger partial charge in [0.2, 0.25) is 5.91 Å². The van der Waals surface area contributed by atoms with Crippen molar-refractivity contribution in [2.75, 3.05) is 11.4 Å². The number of benzene rings is 1. The van der Waals surface area contributed by atoms with Crippen LogP contribution < -0.4 is 4.90 Å². The topological polar surface area (TPSA) is 57.6 Å². The molecule has 2 rings (SSSR count). The Labute approximate surface area is 103 Å². The largest absolute Gasteiger partial charge is 0.478 e. The molecule has 1 aromatic rings. The molecule has 0 aromatic heterocycles. The van der Waals surface area contributed by atoms with Crippen LogP contribution in [-0.2, 0) is 4.79 Å². The maximum atomic E-state index is 13.8. The molecule has 1 atom stereocenters. The van der Waals surface area contributed by atoms with Gasteiger partial charge >= 0.3 is 5.97 Å². The zero-order valence-electron chi connectivity index (χ0n) is 9.39. The molecule has 1 aliphatic rings. The van der Waals surface area contributed by atoms with Crippen LogP contribution in [0.2, 0.25) is 0 Å². The van der Waals surface area contributed by atoms with Gasteiger partial charge in [-0.05, 0) is 12.1 Å². The van der Waals surface area contributed by atoms with Crippen molar-refractivity contribution in [2.45, 2.75) is 6.42 Å². The summed E-state index contributed by atoms with van der Waals surface area (Å²) in [6.45, 7) is 0.149. The van der Waals surface area contributed by atoms with Crippen LogP contribution in [0, 0.1) is 24.1 Å². The standard InChI is InChI=1S/C13H10FNO3/c1-2-8-6-11(16)15(7-8)12-9(13(17)18)4-3-5-10(12)14/h1,3-5,8H,6-7H2,(H,17,18). The Morgan fingerprint density at radius 2 is 2.28 bits per heavy atom. The normalized spacial score (nSPS) is 18.8. The van der Waals surface area contributed by atoms with Crippen molar-refractivity contribution in [1.82, 2.24) is 0 Å². The summed E-state index contributed by atoms with van der Waals surface area (Å²) in [5.74, 6) is -0.245. The van der Waals surface area contributed by atoms with Gasteiger partial charge in [0, 0.05) is 18.9 Å². The molecule has 0 aliphatic carbocycles. The molecule has 0 saturated carbocycles. The number of carbonyl (C=O) groups is 2. The number of carboxylic acid groups (broad SMARTS) is 1. The van der Waals surface area contributed by atoms with Crippen LogP contribution >= 0.6 is 0 Å². The van der Waals surface area contributed by atoms with Crippen molar-refractivity contribution >= 4 is 17.6 Å². The van der Waals surface area contributed by atoms with Gasteiger partial charge in [0.25, 0.3) is 0 Å². The summed E-state index contributed by atoms with van der Waals surface area (Å²) in [7, 11) is 0. The van der Waals surface area contributed by atoms with Gasteiger partial charge in [0.05, 0.1) is 11.3 Å². The molecule has 18 heavy (non-hydrogen) atoms. The molecule has 0 spiro atoms. The lowest BCUT2D eigenvalue weighted by Gasteiger charge is -2.18. The van der Waals surface area contributed by atoms with Gasteiger partial charge in [-0.15, -0.1) is 12.3 Å². The van der Waals surface area contributed by atoms with Crippen molar-refractivity contribution in [1.29, 1.82) is 0 Å². The van der Waals surface area contributed by atoms with Crippen LogP contribution in [0.25, 0.3) is 0 Å². The fourth-order valence-corrected chi connectivity index (χ4v) is 2.00. The lowest BCUT2D eigenvalue weighted by atomic mass is 10.1. The summed E-state index contributed by atoms with van der Waals surface area (Å²) in [6.07, 6.45) is 5.35. The highest BCUT2D eigenvalue weighted by atomic mass is 19.1. The van der Waals surface area contributed by atoms with Crippen LogP contribution in [0.5, 0.6) is 0 Å². The minimum atomic E-state index is -1.28. The zero-order chi connectivity index (χ0) is 13.3. The second-order valence-corrected chi connectivity index (χ2v) is 4.01. The second kappa shape index (κ2) is 4.49. The van der Waals surface area contributed by atoms with Crippen LogP contribution in [0.3, 0.4) is 0 Å². The molecular weight excluding hydrogens is 237 g/mol. The number of carboxylic acids is 1. The molecule has 4 nitrogen and oxygen atoms in total. The number of rotatable bonds is 2. The molecule has 1 fully saturated rings. The first-order chi connectivity index (χ1) is 8.54. The highest BCUT2D eigenvalue weighted by Crippen LogP contribution is 2.30. The average molecular weight is 247 g/mol. The van der Waals surface area contributed by atoms with Gasteiger partial charge in [0.1, 0.15) is 5.82 Å². The molecule has 1 N–H and O–H groups in total. The fourth-order valence-electron chi connectivity index (χ4n) is 2.00. The summed E-state index contributed by atoms with van der Waals surface area (Å²) < 4.78 is 13.8. The molecule has 5 heteroatoms. The van der Waals surface area contributed by atoms with E-state index < -0.39 is 11.8 Å².